The second-order valence-corrected chi connectivity index (χ2v) is 18.5. The van der Waals surface area contributed by atoms with E-state index in [1.54, 1.807) is 0 Å². The molecule has 45 heavy (non-hydrogen) atoms. The zero-order valence-electron chi connectivity index (χ0n) is 27.9. The Labute approximate surface area is 283 Å². The van der Waals surface area contributed by atoms with Gasteiger partial charge in [-0.2, -0.15) is 0 Å². The van der Waals surface area contributed by atoms with Crippen LogP contribution in [-0.4, -0.2) is 23.0 Å². The summed E-state index contributed by atoms with van der Waals surface area (Å²) in [4.78, 5) is 13.8. The number of rotatable bonds is 6. The van der Waals surface area contributed by atoms with Crippen molar-refractivity contribution < 1.29 is 24.5 Å². The van der Waals surface area contributed by atoms with E-state index in [1.807, 2.05) is 43.5 Å². The summed E-state index contributed by atoms with van der Waals surface area (Å²) in [5.41, 5.74) is 10.2. The molecular formula is C39H43IrN3OSi-2. The molecule has 4 heterocycles. The van der Waals surface area contributed by atoms with Crippen molar-refractivity contribution in [2.75, 3.05) is 0 Å². The maximum absolute atomic E-state index is 6.14. The largest absolute Gasteiger partial charge is 0.486 e. The third-order valence-corrected chi connectivity index (χ3v) is 9.86. The third kappa shape index (κ3) is 7.86. The van der Waals surface area contributed by atoms with Crippen LogP contribution in [0.3, 0.4) is 0 Å². The van der Waals surface area contributed by atoms with Gasteiger partial charge in [0, 0.05) is 43.6 Å². The van der Waals surface area contributed by atoms with Gasteiger partial charge in [-0.15, -0.1) is 53.6 Å². The van der Waals surface area contributed by atoms with Crippen molar-refractivity contribution in [1.29, 1.82) is 0 Å². The van der Waals surface area contributed by atoms with E-state index in [2.05, 4.69) is 118 Å². The first kappa shape index (κ1) is 34.4. The molecule has 0 amide bonds. The van der Waals surface area contributed by atoms with Crippen LogP contribution in [-0.2, 0) is 26.5 Å². The summed E-state index contributed by atoms with van der Waals surface area (Å²) in [6, 6.07) is 27.3. The third-order valence-electron chi connectivity index (χ3n) is 7.82. The van der Waals surface area contributed by atoms with Crippen LogP contribution in [0.15, 0.2) is 77.5 Å². The molecule has 4 aromatic heterocycles. The number of pyridine rings is 3. The zero-order valence-corrected chi connectivity index (χ0v) is 31.3. The summed E-state index contributed by atoms with van der Waals surface area (Å²) < 4.78 is 6.14. The van der Waals surface area contributed by atoms with Crippen molar-refractivity contribution in [3.8, 4) is 22.5 Å². The zero-order chi connectivity index (χ0) is 31.6. The fourth-order valence-electron chi connectivity index (χ4n) is 5.63. The average molecular weight is 790 g/mol. The number of aromatic nitrogens is 3. The molecule has 0 atom stereocenters. The van der Waals surface area contributed by atoms with Crippen molar-refractivity contribution in [2.45, 2.75) is 73.5 Å². The van der Waals surface area contributed by atoms with E-state index in [-0.39, 0.29) is 20.1 Å². The number of fused-ring (bicyclic) bond motifs is 3. The molecule has 0 aliphatic rings. The van der Waals surface area contributed by atoms with Crippen LogP contribution in [0.1, 0.15) is 56.0 Å². The fourth-order valence-corrected chi connectivity index (χ4v) is 7.31. The SMILES string of the molecule is CC(C)c1cc(-c2[c-]cccc2)ncc1[Si](C)(C)C.Cc1ccc2c(n1)oc1c(-c3cc(CC(C)C)ccn3)[c-]cc(C)c12.[Ir]. The Kier molecular flexibility index (Phi) is 11.0. The predicted molar refractivity (Wildman–Crippen MR) is 187 cm³/mol. The predicted octanol–water partition coefficient (Wildman–Crippen LogP) is 9.87. The molecule has 0 aliphatic carbocycles. The fraction of sp³-hybridized carbons (Fsp3) is 0.308. The minimum atomic E-state index is -1.34. The Morgan fingerprint density at radius 3 is 2.33 bits per heavy atom. The molecule has 0 N–H and O–H groups in total. The summed E-state index contributed by atoms with van der Waals surface area (Å²) >= 11 is 0. The molecule has 6 aromatic rings. The molecule has 6 rings (SSSR count). The van der Waals surface area contributed by atoms with Gasteiger partial charge in [-0.25, -0.2) is 4.98 Å². The van der Waals surface area contributed by atoms with Crippen molar-refractivity contribution in [3.05, 3.63) is 108 Å². The molecule has 4 nitrogen and oxygen atoms in total. The topological polar surface area (TPSA) is 51.8 Å². The standard InChI is InChI=1S/C22H21N2O.C17H22NSi.Ir/c1-13(2)11-16-9-10-23-19(12-16)17-7-5-14(3)20-18-8-6-15(4)24-22(18)25-21(17)20;1-13(2)15-11-16(14-9-7-6-8-10-14)18-12-17(15)19(3,4)5;/h5-6,8-10,12-13H,11H2,1-4H3;6-9,11-13H,1-5H3;/q2*-1;. The van der Waals surface area contributed by atoms with E-state index in [0.717, 1.165) is 56.5 Å². The molecule has 0 aliphatic heterocycles. The average Bonchev–Trinajstić information content (AvgIpc) is 3.36. The number of hydrogen-bond acceptors (Lipinski definition) is 4. The molecule has 1 radical (unpaired) electrons. The van der Waals surface area contributed by atoms with Gasteiger partial charge in [0.1, 0.15) is 0 Å². The summed E-state index contributed by atoms with van der Waals surface area (Å²) in [6.45, 7) is 20.2. The second kappa shape index (κ2) is 14.3. The first-order valence-corrected chi connectivity index (χ1v) is 19.1. The molecule has 0 saturated carbocycles. The summed E-state index contributed by atoms with van der Waals surface area (Å²) in [6.07, 6.45) is 5.00. The van der Waals surface area contributed by atoms with E-state index < -0.39 is 8.07 Å². The van der Waals surface area contributed by atoms with E-state index in [0.29, 0.717) is 17.5 Å². The van der Waals surface area contributed by atoms with Gasteiger partial charge >= 0.3 is 0 Å². The summed E-state index contributed by atoms with van der Waals surface area (Å²) in [5.74, 6) is 1.14. The molecule has 2 aromatic carbocycles. The Balaban J connectivity index is 0.000000208. The van der Waals surface area contributed by atoms with Gasteiger partial charge in [-0.1, -0.05) is 88.5 Å². The minimum Gasteiger partial charge on any atom is -0.486 e. The van der Waals surface area contributed by atoms with Gasteiger partial charge in [0.2, 0.25) is 5.71 Å². The van der Waals surface area contributed by atoms with Gasteiger partial charge < -0.3 is 14.4 Å². The Hall–Kier alpha value is -3.44. The number of benzene rings is 2. The quantitative estimate of drug-likeness (QED) is 0.125. The van der Waals surface area contributed by atoms with E-state index >= 15 is 0 Å². The van der Waals surface area contributed by atoms with Gasteiger partial charge in [0.05, 0.1) is 13.7 Å². The number of furan rings is 1. The van der Waals surface area contributed by atoms with Crippen LogP contribution in [0.2, 0.25) is 19.6 Å². The summed E-state index contributed by atoms with van der Waals surface area (Å²) in [5, 5.41) is 3.63. The van der Waals surface area contributed by atoms with Crippen LogP contribution < -0.4 is 5.19 Å². The smallest absolute Gasteiger partial charge is 0.216 e. The molecule has 0 spiro atoms. The number of aryl methyl sites for hydroxylation is 2. The molecule has 0 saturated heterocycles. The molecule has 0 fully saturated rings. The van der Waals surface area contributed by atoms with Gasteiger partial charge in [-0.3, -0.25) is 0 Å². The van der Waals surface area contributed by atoms with Crippen LogP contribution in [0.4, 0.5) is 0 Å². The van der Waals surface area contributed by atoms with Crippen molar-refractivity contribution >= 4 is 35.3 Å². The molecule has 0 bridgehead atoms. The van der Waals surface area contributed by atoms with E-state index in [9.17, 15) is 0 Å². The van der Waals surface area contributed by atoms with Crippen molar-refractivity contribution in [2.24, 2.45) is 5.92 Å². The first-order chi connectivity index (χ1) is 20.9. The molecule has 6 heteroatoms. The van der Waals surface area contributed by atoms with Crippen LogP contribution >= 0.6 is 0 Å². The van der Waals surface area contributed by atoms with Crippen LogP contribution in [0.25, 0.3) is 44.6 Å². The maximum atomic E-state index is 6.14. The Bertz CT molecular complexity index is 1910. The normalized spacial score (nSPS) is 11.5. The van der Waals surface area contributed by atoms with Gasteiger partial charge in [-0.05, 0) is 60.0 Å². The molecule has 0 unspecified atom stereocenters. The van der Waals surface area contributed by atoms with E-state index in [1.165, 1.54) is 16.3 Å². The summed E-state index contributed by atoms with van der Waals surface area (Å²) in [7, 11) is -1.34. The van der Waals surface area contributed by atoms with Gasteiger partial charge in [0.25, 0.3) is 0 Å². The van der Waals surface area contributed by atoms with Crippen molar-refractivity contribution in [3.63, 3.8) is 0 Å². The minimum absolute atomic E-state index is 0. The Morgan fingerprint density at radius 1 is 0.889 bits per heavy atom. The van der Waals surface area contributed by atoms with Crippen LogP contribution in [0.5, 0.6) is 0 Å². The molecule has 235 valence electrons. The van der Waals surface area contributed by atoms with Crippen LogP contribution in [0, 0.1) is 31.9 Å². The Morgan fingerprint density at radius 2 is 1.67 bits per heavy atom. The number of hydrogen-bond donors (Lipinski definition) is 0. The van der Waals surface area contributed by atoms with Gasteiger partial charge in [0.15, 0.2) is 0 Å². The maximum Gasteiger partial charge on any atom is 0.216 e. The monoisotopic (exact) mass is 790 g/mol. The van der Waals surface area contributed by atoms with Crippen molar-refractivity contribution in [1.82, 2.24) is 15.0 Å². The first-order valence-electron chi connectivity index (χ1n) is 15.6. The van der Waals surface area contributed by atoms with E-state index in [4.69, 9.17) is 4.42 Å². The second-order valence-electron chi connectivity index (χ2n) is 13.4. The number of nitrogens with zero attached hydrogens (tertiary/aromatic N) is 3. The molecular weight excluding hydrogens is 747 g/mol.